The van der Waals surface area contributed by atoms with Gasteiger partial charge in [0.2, 0.25) is 11.8 Å². The smallest absolute Gasteiger partial charge is 0.408 e. The molecule has 0 spiro atoms. The molecule has 11 nitrogen and oxygen atoms in total. The molecule has 3 heterocycles. The first-order valence-corrected chi connectivity index (χ1v) is 16.6. The second-order valence-corrected chi connectivity index (χ2v) is 14.7. The first-order valence-electron chi connectivity index (χ1n) is 16.6. The highest BCUT2D eigenvalue weighted by molar-refractivity contribution is 5.94. The molecule has 6 unspecified atom stereocenters. The minimum atomic E-state index is -0.937. The Bertz CT molecular complexity index is 1460. The van der Waals surface area contributed by atoms with Crippen molar-refractivity contribution < 1.29 is 33.3 Å². The highest BCUT2D eigenvalue weighted by Crippen LogP contribution is 2.49. The van der Waals surface area contributed by atoms with Crippen LogP contribution in [0.2, 0.25) is 0 Å². The number of benzene rings is 1. The number of rotatable bonds is 5. The van der Waals surface area contributed by atoms with E-state index < -0.39 is 41.2 Å². The van der Waals surface area contributed by atoms with Gasteiger partial charge >= 0.3 is 6.09 Å². The van der Waals surface area contributed by atoms with Crippen molar-refractivity contribution >= 4 is 28.8 Å². The second kappa shape index (κ2) is 13.3. The molecule has 3 aliphatic rings. The quantitative estimate of drug-likeness (QED) is 0.474. The number of hydrogen-bond donors (Lipinski definition) is 1. The third-order valence-corrected chi connectivity index (χ3v) is 9.79. The van der Waals surface area contributed by atoms with E-state index in [9.17, 15) is 14.4 Å². The van der Waals surface area contributed by atoms with Gasteiger partial charge in [-0.25, -0.2) is 14.8 Å². The number of ketones is 1. The third-order valence-electron chi connectivity index (χ3n) is 9.79. The molecule has 1 saturated carbocycles. The van der Waals surface area contributed by atoms with E-state index in [1.54, 1.807) is 19.1 Å². The minimum Gasteiger partial charge on any atom is -0.497 e. The Morgan fingerprint density at radius 2 is 1.89 bits per heavy atom. The van der Waals surface area contributed by atoms with E-state index in [1.165, 1.54) is 0 Å². The van der Waals surface area contributed by atoms with Crippen LogP contribution in [0, 0.1) is 23.2 Å². The number of aromatic nitrogens is 2. The number of alkyl carbamates (subject to hydrolysis) is 1. The Morgan fingerprint density at radius 3 is 2.57 bits per heavy atom. The van der Waals surface area contributed by atoms with E-state index >= 15 is 0 Å². The van der Waals surface area contributed by atoms with Gasteiger partial charge in [-0.1, -0.05) is 47.5 Å². The molecule has 252 valence electrons. The molecule has 11 heteroatoms. The second-order valence-electron chi connectivity index (χ2n) is 14.7. The van der Waals surface area contributed by atoms with Crippen LogP contribution in [-0.2, 0) is 25.5 Å². The predicted molar refractivity (Wildman–Crippen MR) is 173 cm³/mol. The molecular formula is C35H50N4O7. The van der Waals surface area contributed by atoms with E-state index in [4.69, 9.17) is 28.9 Å². The van der Waals surface area contributed by atoms with Crippen LogP contribution in [0.25, 0.3) is 11.0 Å². The van der Waals surface area contributed by atoms with Gasteiger partial charge in [-0.05, 0) is 50.2 Å². The van der Waals surface area contributed by atoms with Crippen LogP contribution in [-0.4, -0.2) is 83.8 Å². The molecular weight excluding hydrogens is 588 g/mol. The Hall–Kier alpha value is -3.47. The molecule has 2 bridgehead atoms. The maximum absolute atomic E-state index is 14.5. The van der Waals surface area contributed by atoms with Crippen LogP contribution in [0.3, 0.4) is 0 Å². The molecule has 2 fully saturated rings. The van der Waals surface area contributed by atoms with Gasteiger partial charge in [0, 0.05) is 30.9 Å². The van der Waals surface area contributed by atoms with Crippen LogP contribution < -0.4 is 14.8 Å². The zero-order valence-electron chi connectivity index (χ0n) is 28.6. The van der Waals surface area contributed by atoms with Crippen molar-refractivity contribution in [3.8, 4) is 11.6 Å². The SMILES string of the molecule is COCC1C2CN(C(=O)C(C(C)(C)C)NC(=O)OC3(C)CC3CCCCCc3nc4ccc(OC)cc4nc3O2)C1C(=O)C(C)C. The van der Waals surface area contributed by atoms with Crippen LogP contribution in [0.1, 0.15) is 79.3 Å². The first kappa shape index (κ1) is 33.9. The number of amides is 2. The summed E-state index contributed by atoms with van der Waals surface area (Å²) in [7, 11) is 3.18. The van der Waals surface area contributed by atoms with Crippen LogP contribution in [0.15, 0.2) is 18.2 Å². The molecule has 46 heavy (non-hydrogen) atoms. The van der Waals surface area contributed by atoms with Crippen molar-refractivity contribution in [3.63, 3.8) is 0 Å². The lowest BCUT2D eigenvalue weighted by Gasteiger charge is -2.36. The lowest BCUT2D eigenvalue weighted by atomic mass is 9.85. The predicted octanol–water partition coefficient (Wildman–Crippen LogP) is 5.12. The van der Waals surface area contributed by atoms with Crippen LogP contribution >= 0.6 is 0 Å². The van der Waals surface area contributed by atoms with Crippen LogP contribution in [0.5, 0.6) is 11.6 Å². The number of aryl methyl sites for hydroxylation is 1. The van der Waals surface area contributed by atoms with Crippen molar-refractivity contribution in [3.05, 3.63) is 23.9 Å². The lowest BCUT2D eigenvalue weighted by molar-refractivity contribution is -0.143. The summed E-state index contributed by atoms with van der Waals surface area (Å²) in [5, 5.41) is 2.89. The Morgan fingerprint density at radius 1 is 1.13 bits per heavy atom. The summed E-state index contributed by atoms with van der Waals surface area (Å²) in [6.07, 6.45) is 4.05. The number of nitrogens with zero attached hydrogens (tertiary/aromatic N) is 3. The molecule has 1 aliphatic carbocycles. The molecule has 2 aliphatic heterocycles. The summed E-state index contributed by atoms with van der Waals surface area (Å²) in [5.74, 6) is 0.0564. The van der Waals surface area contributed by atoms with Gasteiger partial charge in [-0.3, -0.25) is 9.59 Å². The van der Waals surface area contributed by atoms with E-state index in [1.807, 2.05) is 59.7 Å². The number of ether oxygens (including phenoxy) is 4. The zero-order chi connectivity index (χ0) is 33.4. The normalized spacial score (nSPS) is 29.2. The first-order chi connectivity index (χ1) is 21.8. The maximum atomic E-state index is 14.5. The number of nitrogens with one attached hydrogen (secondary N) is 1. The van der Waals surface area contributed by atoms with Crippen molar-refractivity contribution in [2.75, 3.05) is 27.4 Å². The molecule has 1 aromatic carbocycles. The number of carbonyl (C=O) groups is 3. The highest BCUT2D eigenvalue weighted by Gasteiger charge is 2.55. The van der Waals surface area contributed by atoms with Gasteiger partial charge in [0.15, 0.2) is 5.78 Å². The summed E-state index contributed by atoms with van der Waals surface area (Å²) in [6.45, 7) is 11.6. The molecule has 0 radical (unpaired) electrons. The molecule has 1 saturated heterocycles. The van der Waals surface area contributed by atoms with Gasteiger partial charge in [0.25, 0.3) is 0 Å². The Labute approximate surface area is 272 Å². The fourth-order valence-electron chi connectivity index (χ4n) is 6.90. The molecule has 2 aromatic rings. The number of carbonyl (C=O) groups excluding carboxylic acids is 3. The average molecular weight is 639 g/mol. The van der Waals surface area contributed by atoms with E-state index in [-0.39, 0.29) is 36.7 Å². The zero-order valence-corrected chi connectivity index (χ0v) is 28.6. The number of hydrogen-bond acceptors (Lipinski definition) is 9. The van der Waals surface area contributed by atoms with E-state index in [2.05, 4.69) is 5.32 Å². The monoisotopic (exact) mass is 638 g/mol. The van der Waals surface area contributed by atoms with Gasteiger partial charge in [0.05, 0.1) is 37.3 Å². The molecule has 6 atom stereocenters. The Balaban J connectivity index is 1.59. The number of Topliss-reactive ketones (excluding diaryl/α,β-unsaturated/α-hetero) is 1. The summed E-state index contributed by atoms with van der Waals surface area (Å²) in [6, 6.07) is 3.83. The summed E-state index contributed by atoms with van der Waals surface area (Å²) >= 11 is 0. The summed E-state index contributed by atoms with van der Waals surface area (Å²) < 4.78 is 23.7. The third kappa shape index (κ3) is 7.09. The molecule has 1 aromatic heterocycles. The van der Waals surface area contributed by atoms with Crippen molar-refractivity contribution in [2.24, 2.45) is 23.2 Å². The fraction of sp³-hybridized carbons (Fsp3) is 0.686. The van der Waals surface area contributed by atoms with Gasteiger partial charge < -0.3 is 29.2 Å². The highest BCUT2D eigenvalue weighted by atomic mass is 16.6. The number of fused-ring (bicyclic) bond motifs is 5. The van der Waals surface area contributed by atoms with E-state index in [0.717, 1.165) is 43.3 Å². The van der Waals surface area contributed by atoms with Crippen LogP contribution in [0.4, 0.5) is 4.79 Å². The van der Waals surface area contributed by atoms with Crippen molar-refractivity contribution in [1.29, 1.82) is 0 Å². The topological polar surface area (TPSA) is 129 Å². The minimum absolute atomic E-state index is 0.0921. The molecule has 2 amide bonds. The van der Waals surface area contributed by atoms with Gasteiger partial charge in [-0.2, -0.15) is 0 Å². The molecule has 1 N–H and O–H groups in total. The largest absolute Gasteiger partial charge is 0.497 e. The summed E-state index contributed by atoms with van der Waals surface area (Å²) in [5.41, 5.74) is 0.895. The van der Waals surface area contributed by atoms with Gasteiger partial charge in [-0.15, -0.1) is 0 Å². The van der Waals surface area contributed by atoms with Crippen molar-refractivity contribution in [1.82, 2.24) is 20.2 Å². The Kier molecular flexibility index (Phi) is 9.82. The van der Waals surface area contributed by atoms with Crippen molar-refractivity contribution in [2.45, 2.75) is 104 Å². The standard InChI is InChI=1S/C35H50N4O7/c1-20(2)29(40)28-23(19-43-7)27-18-39(28)32(41)30(34(3,4)5)38-33(42)46-35(6)17-21(35)12-10-9-11-13-25-31(45-27)37-26-16-22(44-8)14-15-24(26)36-25/h14-16,20-21,23,27-28,30H,9-13,17-19H2,1-8H3,(H,38,42). The molecule has 5 rings (SSSR count). The fourth-order valence-corrected chi connectivity index (χ4v) is 6.90. The lowest BCUT2D eigenvalue weighted by Crippen LogP contribution is -2.58. The summed E-state index contributed by atoms with van der Waals surface area (Å²) in [4.78, 5) is 53.1. The van der Waals surface area contributed by atoms with E-state index in [0.29, 0.717) is 23.6 Å². The average Bonchev–Trinajstić information content (AvgIpc) is 3.49. The number of methoxy groups -OCH3 is 2. The maximum Gasteiger partial charge on any atom is 0.408 e. The van der Waals surface area contributed by atoms with Gasteiger partial charge in [0.1, 0.15) is 29.2 Å².